The van der Waals surface area contributed by atoms with Gasteiger partial charge in [0.15, 0.2) is 0 Å². The quantitative estimate of drug-likeness (QED) is 0.663. The van der Waals surface area contributed by atoms with Gasteiger partial charge in [0.2, 0.25) is 0 Å². The van der Waals surface area contributed by atoms with Gasteiger partial charge in [-0.25, -0.2) is 0 Å². The number of hydrogen-bond donors (Lipinski definition) is 1. The van der Waals surface area contributed by atoms with Crippen molar-refractivity contribution in [3.05, 3.63) is 12.2 Å². The zero-order valence-corrected chi connectivity index (χ0v) is 8.92. The summed E-state index contributed by atoms with van der Waals surface area (Å²) in [5.74, 6) is 0.836. The lowest BCUT2D eigenvalue weighted by Gasteiger charge is -2.19. The molecule has 76 valence electrons. The molecule has 13 heavy (non-hydrogen) atoms. The number of hydrogen-bond acceptors (Lipinski definition) is 2. The van der Waals surface area contributed by atoms with Crippen molar-refractivity contribution in [2.75, 3.05) is 33.7 Å². The van der Waals surface area contributed by atoms with E-state index in [0.29, 0.717) is 0 Å². The first kappa shape index (κ1) is 10.7. The summed E-state index contributed by atoms with van der Waals surface area (Å²) in [5.41, 5.74) is 0. The van der Waals surface area contributed by atoms with Gasteiger partial charge in [0.1, 0.15) is 0 Å². The lowest BCUT2D eigenvalue weighted by molar-refractivity contribution is 0.413. The summed E-state index contributed by atoms with van der Waals surface area (Å²) in [4.78, 5) is 2.23. The minimum Gasteiger partial charge on any atom is -0.317 e. The molecule has 1 fully saturated rings. The smallest absolute Gasteiger partial charge is 0.000980 e. The summed E-state index contributed by atoms with van der Waals surface area (Å²) in [6.45, 7) is 3.56. The summed E-state index contributed by atoms with van der Waals surface area (Å²) in [5, 5.41) is 3.38. The largest absolute Gasteiger partial charge is 0.317 e. The molecule has 0 amide bonds. The first-order chi connectivity index (χ1) is 6.29. The maximum Gasteiger partial charge on any atom is 0.000980 e. The Bertz CT molecular complexity index is 146. The van der Waals surface area contributed by atoms with Gasteiger partial charge in [-0.2, -0.15) is 0 Å². The molecule has 1 saturated heterocycles. The van der Waals surface area contributed by atoms with Crippen molar-refractivity contribution in [1.29, 1.82) is 0 Å². The zero-order chi connectivity index (χ0) is 9.52. The molecule has 0 spiro atoms. The van der Waals surface area contributed by atoms with E-state index < -0.39 is 0 Å². The summed E-state index contributed by atoms with van der Waals surface area (Å²) >= 11 is 0. The Morgan fingerprint density at radius 3 is 2.62 bits per heavy atom. The maximum atomic E-state index is 3.38. The van der Waals surface area contributed by atoms with Crippen LogP contribution in [0.15, 0.2) is 12.2 Å². The molecule has 1 N–H and O–H groups in total. The third-order valence-corrected chi connectivity index (χ3v) is 2.54. The first-order valence-corrected chi connectivity index (χ1v) is 5.31. The molecule has 1 rings (SSSR count). The third kappa shape index (κ3) is 5.06. The molecule has 0 aromatic carbocycles. The van der Waals surface area contributed by atoms with E-state index in [4.69, 9.17) is 0 Å². The van der Waals surface area contributed by atoms with Crippen molar-refractivity contribution < 1.29 is 0 Å². The van der Waals surface area contributed by atoms with Crippen molar-refractivity contribution in [1.82, 2.24) is 10.2 Å². The molecule has 1 heterocycles. The van der Waals surface area contributed by atoms with Crippen molar-refractivity contribution in [3.63, 3.8) is 0 Å². The number of piperidine rings is 1. The Labute approximate surface area is 82.0 Å². The van der Waals surface area contributed by atoms with Gasteiger partial charge in [-0.05, 0) is 52.4 Å². The van der Waals surface area contributed by atoms with Crippen LogP contribution in [0.2, 0.25) is 0 Å². The highest BCUT2D eigenvalue weighted by Gasteiger charge is 2.08. The Balaban J connectivity index is 2.07. The molecule has 0 aliphatic carbocycles. The van der Waals surface area contributed by atoms with Crippen LogP contribution in [0.3, 0.4) is 0 Å². The molecular weight excluding hydrogens is 160 g/mol. The average molecular weight is 182 g/mol. The van der Waals surface area contributed by atoms with Gasteiger partial charge in [-0.1, -0.05) is 12.2 Å². The fourth-order valence-corrected chi connectivity index (χ4v) is 1.66. The fourth-order valence-electron chi connectivity index (χ4n) is 1.66. The second-order valence-corrected chi connectivity index (χ2v) is 4.11. The average Bonchev–Trinajstić information content (AvgIpc) is 2.14. The lowest BCUT2D eigenvalue weighted by Crippen LogP contribution is -2.26. The second kappa shape index (κ2) is 6.17. The number of nitrogens with zero attached hydrogens (tertiary/aromatic N) is 1. The van der Waals surface area contributed by atoms with Gasteiger partial charge in [-0.15, -0.1) is 0 Å². The molecule has 1 aliphatic heterocycles. The fraction of sp³-hybridized carbons (Fsp3) is 0.818. The topological polar surface area (TPSA) is 15.3 Å². The summed E-state index contributed by atoms with van der Waals surface area (Å²) in [6.07, 6.45) is 8.58. The highest BCUT2D eigenvalue weighted by atomic mass is 15.0. The number of rotatable bonds is 4. The molecule has 0 radical (unpaired) electrons. The minimum absolute atomic E-state index is 0.836. The van der Waals surface area contributed by atoms with Gasteiger partial charge in [0, 0.05) is 6.54 Å². The van der Waals surface area contributed by atoms with Crippen molar-refractivity contribution in [2.45, 2.75) is 19.3 Å². The molecule has 2 nitrogen and oxygen atoms in total. The van der Waals surface area contributed by atoms with E-state index in [1.165, 1.54) is 38.9 Å². The van der Waals surface area contributed by atoms with E-state index in [2.05, 4.69) is 36.5 Å². The minimum atomic E-state index is 0.836. The monoisotopic (exact) mass is 182 g/mol. The van der Waals surface area contributed by atoms with Crippen LogP contribution < -0.4 is 5.32 Å². The first-order valence-electron chi connectivity index (χ1n) is 5.31. The Kier molecular flexibility index (Phi) is 5.09. The summed E-state index contributed by atoms with van der Waals surface area (Å²) in [7, 11) is 4.25. The van der Waals surface area contributed by atoms with Gasteiger partial charge >= 0.3 is 0 Å². The maximum absolute atomic E-state index is 3.38. The van der Waals surface area contributed by atoms with Crippen molar-refractivity contribution >= 4 is 0 Å². The Morgan fingerprint density at radius 2 is 2.00 bits per heavy atom. The van der Waals surface area contributed by atoms with E-state index in [1.807, 2.05) is 0 Å². The number of allylic oxidation sites excluding steroid dienone is 1. The van der Waals surface area contributed by atoms with Crippen LogP contribution in [0.1, 0.15) is 19.3 Å². The highest BCUT2D eigenvalue weighted by molar-refractivity contribution is 4.90. The lowest BCUT2D eigenvalue weighted by atomic mass is 9.97. The predicted octanol–water partition coefficient (Wildman–Crippen LogP) is 1.49. The van der Waals surface area contributed by atoms with Crippen LogP contribution in [0.5, 0.6) is 0 Å². The molecule has 0 bridgehead atoms. The molecule has 0 aromatic heterocycles. The van der Waals surface area contributed by atoms with Gasteiger partial charge in [0.25, 0.3) is 0 Å². The molecule has 0 aromatic rings. The molecule has 0 saturated carbocycles. The second-order valence-electron chi connectivity index (χ2n) is 4.11. The summed E-state index contributed by atoms with van der Waals surface area (Å²) < 4.78 is 0. The molecule has 0 unspecified atom stereocenters. The Hall–Kier alpha value is -0.340. The molecule has 1 aliphatic rings. The van der Waals surface area contributed by atoms with E-state index in [1.54, 1.807) is 0 Å². The zero-order valence-electron chi connectivity index (χ0n) is 8.92. The van der Waals surface area contributed by atoms with E-state index in [0.717, 1.165) is 5.92 Å². The van der Waals surface area contributed by atoms with Crippen molar-refractivity contribution in [3.8, 4) is 0 Å². The van der Waals surface area contributed by atoms with Crippen molar-refractivity contribution in [2.24, 2.45) is 5.92 Å². The van der Waals surface area contributed by atoms with Gasteiger partial charge < -0.3 is 10.2 Å². The normalized spacial score (nSPS) is 20.2. The van der Waals surface area contributed by atoms with Crippen LogP contribution in [0, 0.1) is 5.92 Å². The molecule has 0 atom stereocenters. The number of nitrogens with one attached hydrogen (secondary N) is 1. The van der Waals surface area contributed by atoms with Crippen LogP contribution in [0.4, 0.5) is 0 Å². The molecular formula is C11H22N2. The standard InChI is InChI=1S/C11H22N2/c1-13(2)10-4-3-5-11-6-8-12-9-7-11/h3,5,11-12H,4,6-10H2,1-2H3/b5-3+. The molecule has 2 heteroatoms. The van der Waals surface area contributed by atoms with Crippen LogP contribution in [0.25, 0.3) is 0 Å². The predicted molar refractivity (Wildman–Crippen MR) is 57.9 cm³/mol. The van der Waals surface area contributed by atoms with E-state index in [-0.39, 0.29) is 0 Å². The Morgan fingerprint density at radius 1 is 1.31 bits per heavy atom. The van der Waals surface area contributed by atoms with Crippen LogP contribution >= 0.6 is 0 Å². The summed E-state index contributed by atoms with van der Waals surface area (Å²) in [6, 6.07) is 0. The van der Waals surface area contributed by atoms with E-state index in [9.17, 15) is 0 Å². The van der Waals surface area contributed by atoms with Crippen LogP contribution in [-0.4, -0.2) is 38.6 Å². The SMILES string of the molecule is CN(C)CC/C=C/C1CCNCC1. The van der Waals surface area contributed by atoms with Gasteiger partial charge in [0.05, 0.1) is 0 Å². The highest BCUT2D eigenvalue weighted by Crippen LogP contribution is 2.12. The van der Waals surface area contributed by atoms with Crippen LogP contribution in [-0.2, 0) is 0 Å². The van der Waals surface area contributed by atoms with E-state index >= 15 is 0 Å². The third-order valence-electron chi connectivity index (χ3n) is 2.54. The van der Waals surface area contributed by atoms with Gasteiger partial charge in [-0.3, -0.25) is 0 Å².